The molecule has 1 radical (unpaired) electrons. The molecule has 2 unspecified atom stereocenters. The summed E-state index contributed by atoms with van der Waals surface area (Å²) >= 11 is 0.319. The molecule has 0 saturated carbocycles. The Labute approximate surface area is 99.8 Å². The Balaban J connectivity index is 4.50. The third kappa shape index (κ3) is 4.48. The zero-order valence-electron chi connectivity index (χ0n) is 9.07. The molecule has 0 rings (SSSR count). The van der Waals surface area contributed by atoms with Crippen molar-refractivity contribution in [2.45, 2.75) is 26.1 Å². The molecule has 2 atom stereocenters. The fourth-order valence-corrected chi connectivity index (χ4v) is 1.67. The van der Waals surface area contributed by atoms with E-state index in [1.54, 1.807) is 14.0 Å². The molecule has 79 valence electrons. The van der Waals surface area contributed by atoms with Gasteiger partial charge in [-0.25, -0.2) is 0 Å². The molecule has 0 aromatic rings. The van der Waals surface area contributed by atoms with Crippen molar-refractivity contribution in [1.82, 2.24) is 0 Å². The van der Waals surface area contributed by atoms with Gasteiger partial charge in [0, 0.05) is 0 Å². The maximum atomic E-state index is 11.4. The zero-order valence-corrected chi connectivity index (χ0v) is 13.1. The van der Waals surface area contributed by atoms with Gasteiger partial charge in [-0.15, -0.1) is 0 Å². The van der Waals surface area contributed by atoms with Crippen LogP contribution in [0.5, 0.6) is 0 Å². The van der Waals surface area contributed by atoms with E-state index in [4.69, 9.17) is 12.3 Å². The van der Waals surface area contributed by atoms with E-state index in [1.807, 2.05) is 6.92 Å². The Bertz CT molecular complexity index is 215. The second-order valence-corrected chi connectivity index (χ2v) is 3.67. The second kappa shape index (κ2) is 7.31. The summed E-state index contributed by atoms with van der Waals surface area (Å²) in [6, 6.07) is 0. The molecule has 0 fully saturated rings. The monoisotopic (exact) mass is 303 g/mol. The van der Waals surface area contributed by atoms with Gasteiger partial charge in [-0.05, 0) is 0 Å². The topological polar surface area (TPSA) is 44.8 Å². The molecular weight excluding hydrogens is 287 g/mol. The van der Waals surface area contributed by atoms with Crippen LogP contribution in [0.15, 0.2) is 11.8 Å². The fourth-order valence-electron chi connectivity index (χ4n) is 0.766. The van der Waals surface area contributed by atoms with Crippen LogP contribution in [0.1, 0.15) is 13.8 Å². The Morgan fingerprint density at radius 1 is 1.21 bits per heavy atom. The molecule has 0 spiro atoms. The number of carbonyl (C=O) groups excluding carboxylic acids is 1. The normalized spacial score (nSPS) is 16.1. The summed E-state index contributed by atoms with van der Waals surface area (Å²) in [6.45, 7) is 3.53. The van der Waals surface area contributed by atoms with Gasteiger partial charge in [-0.1, -0.05) is 0 Å². The molecule has 0 saturated heterocycles. The molecule has 4 nitrogen and oxygen atoms in total. The summed E-state index contributed by atoms with van der Waals surface area (Å²) in [5, 5.41) is 0. The summed E-state index contributed by atoms with van der Waals surface area (Å²) in [6.07, 6.45) is 0.826. The SMILES string of the molecule is COC(C)C(=O)C=C([O][InH])C(C)OC. The molecule has 0 aromatic carbocycles. The van der Waals surface area contributed by atoms with Crippen LogP contribution in [0.3, 0.4) is 0 Å². The number of ketones is 1. The Morgan fingerprint density at radius 2 is 1.71 bits per heavy atom. The average Bonchev–Trinajstić information content (AvgIpc) is 2.22. The number of ether oxygens (including phenoxy) is 2. The Kier molecular flexibility index (Phi) is 7.31. The number of rotatable bonds is 6. The van der Waals surface area contributed by atoms with Gasteiger partial charge < -0.3 is 0 Å². The van der Waals surface area contributed by atoms with E-state index in [1.165, 1.54) is 13.2 Å². The first kappa shape index (κ1) is 14.0. The quantitative estimate of drug-likeness (QED) is 0.524. The molecule has 0 bridgehead atoms. The van der Waals surface area contributed by atoms with Crippen LogP contribution < -0.4 is 0 Å². The molecule has 14 heavy (non-hydrogen) atoms. The molecule has 0 amide bonds. The van der Waals surface area contributed by atoms with Gasteiger partial charge in [-0.2, -0.15) is 0 Å². The van der Waals surface area contributed by atoms with Gasteiger partial charge in [0.1, 0.15) is 0 Å². The molecule has 0 aliphatic carbocycles. The minimum atomic E-state index is -0.436. The molecule has 0 aliphatic heterocycles. The van der Waals surface area contributed by atoms with Crippen molar-refractivity contribution in [3.8, 4) is 0 Å². The van der Waals surface area contributed by atoms with Crippen molar-refractivity contribution in [1.29, 1.82) is 0 Å². The predicted octanol–water partition coefficient (Wildman–Crippen LogP) is 0.342. The Hall–Kier alpha value is 0.000130. The number of hydrogen-bond donors (Lipinski definition) is 0. The molecule has 0 heterocycles. The first-order chi connectivity index (χ1) is 6.56. The van der Waals surface area contributed by atoms with Gasteiger partial charge in [0.15, 0.2) is 0 Å². The summed E-state index contributed by atoms with van der Waals surface area (Å²) in [7, 11) is 3.08. The summed E-state index contributed by atoms with van der Waals surface area (Å²) in [5.41, 5.74) is 0. The summed E-state index contributed by atoms with van der Waals surface area (Å²) in [5.74, 6) is 0.473. The van der Waals surface area contributed by atoms with Crippen molar-refractivity contribution >= 4 is 30.6 Å². The van der Waals surface area contributed by atoms with Gasteiger partial charge in [0.25, 0.3) is 0 Å². The maximum absolute atomic E-state index is 11.4. The van der Waals surface area contributed by atoms with Crippen LogP contribution in [0.2, 0.25) is 0 Å². The zero-order chi connectivity index (χ0) is 11.1. The third-order valence-electron chi connectivity index (χ3n) is 1.96. The second-order valence-electron chi connectivity index (χ2n) is 2.85. The van der Waals surface area contributed by atoms with E-state index in [0.29, 0.717) is 30.6 Å². The van der Waals surface area contributed by atoms with Crippen LogP contribution in [0.25, 0.3) is 0 Å². The number of carbonyl (C=O) groups is 1. The van der Waals surface area contributed by atoms with E-state index in [-0.39, 0.29) is 11.9 Å². The molecule has 0 aromatic heterocycles. The Morgan fingerprint density at radius 3 is 2.07 bits per heavy atom. The summed E-state index contributed by atoms with van der Waals surface area (Å²) in [4.78, 5) is 11.4. The van der Waals surface area contributed by atoms with Crippen molar-refractivity contribution < 1.29 is 17.1 Å². The molecule has 0 aliphatic rings. The fraction of sp³-hybridized carbons (Fsp3) is 0.667. The van der Waals surface area contributed by atoms with Gasteiger partial charge >= 0.3 is 99.8 Å². The van der Waals surface area contributed by atoms with E-state index in [9.17, 15) is 4.79 Å². The van der Waals surface area contributed by atoms with Gasteiger partial charge in [-0.3, -0.25) is 0 Å². The van der Waals surface area contributed by atoms with E-state index >= 15 is 0 Å². The van der Waals surface area contributed by atoms with Crippen LogP contribution in [-0.2, 0) is 17.1 Å². The first-order valence-corrected chi connectivity index (χ1v) is 5.94. The number of hydrogen-bond acceptors (Lipinski definition) is 4. The third-order valence-corrected chi connectivity index (χ3v) is 2.91. The standard InChI is InChI=1S/C9H16O4.In.H/c1-6(12-3)8(10)5-9(11)7(2)13-4;;/h5-7,10H,1-4H3;;/q;+1;/p-1. The van der Waals surface area contributed by atoms with Crippen molar-refractivity contribution in [2.24, 2.45) is 0 Å². The van der Waals surface area contributed by atoms with E-state index in [2.05, 4.69) is 0 Å². The predicted molar refractivity (Wildman–Crippen MR) is 54.3 cm³/mol. The van der Waals surface area contributed by atoms with Gasteiger partial charge in [0.05, 0.1) is 0 Å². The summed E-state index contributed by atoms with van der Waals surface area (Å²) < 4.78 is 15.2. The number of methoxy groups -OCH3 is 2. The van der Waals surface area contributed by atoms with Crippen LogP contribution in [0.4, 0.5) is 0 Å². The van der Waals surface area contributed by atoms with Crippen LogP contribution in [-0.4, -0.2) is 57.0 Å². The minimum absolute atomic E-state index is 0.104. The van der Waals surface area contributed by atoms with E-state index < -0.39 is 6.10 Å². The van der Waals surface area contributed by atoms with E-state index in [0.717, 1.165) is 0 Å². The van der Waals surface area contributed by atoms with Crippen LogP contribution >= 0.6 is 0 Å². The van der Waals surface area contributed by atoms with Crippen molar-refractivity contribution in [2.75, 3.05) is 14.2 Å². The van der Waals surface area contributed by atoms with Gasteiger partial charge in [0.2, 0.25) is 0 Å². The average molecular weight is 303 g/mol. The van der Waals surface area contributed by atoms with Crippen LogP contribution in [0, 0.1) is 0 Å². The molecule has 5 heteroatoms. The molecule has 0 N–H and O–H groups in total. The van der Waals surface area contributed by atoms with Crippen molar-refractivity contribution in [3.63, 3.8) is 0 Å². The van der Waals surface area contributed by atoms with Crippen molar-refractivity contribution in [3.05, 3.63) is 11.8 Å². The first-order valence-electron chi connectivity index (χ1n) is 4.29. The molecular formula is C9H16InO4.